The molecule has 1 aromatic rings. The van der Waals surface area contributed by atoms with Crippen LogP contribution in [0.1, 0.15) is 5.56 Å². The van der Waals surface area contributed by atoms with Crippen molar-refractivity contribution < 1.29 is 13.0 Å². The van der Waals surface area contributed by atoms with Crippen LogP contribution in [0.3, 0.4) is 0 Å². The number of rotatable bonds is 1. The highest BCUT2D eigenvalue weighted by atomic mass is 32.3. The van der Waals surface area contributed by atoms with Crippen LogP contribution in [0.25, 0.3) is 0 Å². The molecule has 0 atom stereocenters. The Bertz CT molecular complexity index is 240. The first kappa shape index (κ1) is 8.52. The number of aryl methyl sites for hydroxylation is 1. The van der Waals surface area contributed by atoms with E-state index in [1.54, 1.807) is 12.1 Å². The van der Waals surface area contributed by atoms with E-state index in [0.29, 0.717) is 0 Å². The largest absolute Gasteiger partial charge is 0.269 e. The van der Waals surface area contributed by atoms with Gasteiger partial charge in [-0.05, 0) is 30.0 Å². The lowest BCUT2D eigenvalue weighted by molar-refractivity contribution is 0.434. The smallest absolute Gasteiger partial charge is 0.0916 e. The van der Waals surface area contributed by atoms with Gasteiger partial charge in [0.15, 0.2) is 0 Å². The Hall–Kier alpha value is -0.580. The summed E-state index contributed by atoms with van der Waals surface area (Å²) >= 11 is 0. The Morgan fingerprint density at radius 3 is 2.00 bits per heavy atom. The van der Waals surface area contributed by atoms with Crippen LogP contribution in [0.15, 0.2) is 29.2 Å². The Morgan fingerprint density at radius 2 is 1.64 bits per heavy atom. The molecule has 0 saturated carbocycles. The van der Waals surface area contributed by atoms with E-state index in [2.05, 4.69) is 0 Å². The molecule has 0 saturated heterocycles. The first-order valence-electron chi connectivity index (χ1n) is 3.04. The van der Waals surface area contributed by atoms with Gasteiger partial charge in [-0.15, -0.1) is 0 Å². The van der Waals surface area contributed by atoms with Gasteiger partial charge < -0.3 is 0 Å². The molecule has 0 spiro atoms. The third-order valence-corrected chi connectivity index (χ3v) is 2.19. The number of benzene rings is 1. The van der Waals surface area contributed by atoms with Gasteiger partial charge in [0.1, 0.15) is 0 Å². The van der Waals surface area contributed by atoms with Crippen LogP contribution >= 0.6 is 11.0 Å². The van der Waals surface area contributed by atoms with Gasteiger partial charge in [-0.25, -0.2) is 0 Å². The van der Waals surface area contributed by atoms with Gasteiger partial charge in [-0.2, -0.15) is 0 Å². The first-order chi connectivity index (χ1) is 5.00. The van der Waals surface area contributed by atoms with Crippen molar-refractivity contribution in [1.29, 1.82) is 0 Å². The third kappa shape index (κ3) is 2.18. The maximum atomic E-state index is 12.4. The summed E-state index contributed by atoms with van der Waals surface area (Å²) in [5.74, 6) is 0. The summed E-state index contributed by atoms with van der Waals surface area (Å²) in [6.45, 7) is 1.84. The molecule has 0 bridgehead atoms. The summed E-state index contributed by atoms with van der Waals surface area (Å²) in [7, 11) is -4.02. The molecule has 0 aliphatic heterocycles. The Kier molecular flexibility index (Phi) is 2.17. The lowest BCUT2D eigenvalue weighted by Crippen LogP contribution is -1.89. The van der Waals surface area contributed by atoms with E-state index in [9.17, 15) is 3.89 Å². The van der Waals surface area contributed by atoms with Crippen LogP contribution in [-0.2, 0) is 0 Å². The molecule has 0 aliphatic rings. The van der Waals surface area contributed by atoms with Crippen molar-refractivity contribution in [1.82, 2.24) is 0 Å². The van der Waals surface area contributed by atoms with Crippen molar-refractivity contribution in [3.63, 3.8) is 0 Å². The van der Waals surface area contributed by atoms with Crippen LogP contribution in [0.4, 0.5) is 3.89 Å². The topological polar surface area (TPSA) is 40.5 Å². The molecule has 62 valence electrons. The van der Waals surface area contributed by atoms with Crippen molar-refractivity contribution >= 4 is 11.0 Å². The zero-order valence-electron chi connectivity index (χ0n) is 5.99. The molecular formula is C7H9FO2S. The molecule has 4 heteroatoms. The first-order valence-corrected chi connectivity index (χ1v) is 4.49. The SMILES string of the molecule is Cc1ccc(S(O)(O)F)cc1. The highest BCUT2D eigenvalue weighted by Crippen LogP contribution is 2.49. The molecule has 0 radical (unpaired) electrons. The average Bonchev–Trinajstić information content (AvgIpc) is 1.86. The highest BCUT2D eigenvalue weighted by molar-refractivity contribution is 8.19. The minimum Gasteiger partial charge on any atom is -0.269 e. The van der Waals surface area contributed by atoms with E-state index in [4.69, 9.17) is 9.11 Å². The Balaban J connectivity index is 2.99. The standard InChI is InChI=1S/C7H9FO2S/c1-6-2-4-7(5-3-6)11(8,9)10/h2-5,9-10H,1H3. The molecule has 2 nitrogen and oxygen atoms in total. The molecule has 0 unspecified atom stereocenters. The van der Waals surface area contributed by atoms with Gasteiger partial charge in [-0.3, -0.25) is 9.11 Å². The second kappa shape index (κ2) is 2.81. The fourth-order valence-electron chi connectivity index (χ4n) is 0.711. The van der Waals surface area contributed by atoms with Crippen molar-refractivity contribution in [3.8, 4) is 0 Å². The van der Waals surface area contributed by atoms with Crippen molar-refractivity contribution in [3.05, 3.63) is 29.8 Å². The van der Waals surface area contributed by atoms with Gasteiger partial charge in [0, 0.05) is 0 Å². The number of halogens is 1. The van der Waals surface area contributed by atoms with Gasteiger partial charge in [0.2, 0.25) is 0 Å². The summed E-state index contributed by atoms with van der Waals surface area (Å²) in [5.41, 5.74) is 0.956. The minimum absolute atomic E-state index is 0.0666. The number of hydrogen-bond donors (Lipinski definition) is 2. The highest BCUT2D eigenvalue weighted by Gasteiger charge is 2.11. The third-order valence-electron chi connectivity index (χ3n) is 1.32. The van der Waals surface area contributed by atoms with E-state index in [0.717, 1.165) is 5.56 Å². The van der Waals surface area contributed by atoms with Crippen LogP contribution in [0.2, 0.25) is 0 Å². The fraction of sp³-hybridized carbons (Fsp3) is 0.143. The fourth-order valence-corrected chi connectivity index (χ4v) is 1.19. The molecule has 0 aromatic heterocycles. The lowest BCUT2D eigenvalue weighted by Gasteiger charge is -2.20. The number of hydrogen-bond acceptors (Lipinski definition) is 2. The van der Waals surface area contributed by atoms with Gasteiger partial charge in [0.05, 0.1) is 4.90 Å². The summed E-state index contributed by atoms with van der Waals surface area (Å²) in [6, 6.07) is 5.99. The van der Waals surface area contributed by atoms with Crippen molar-refractivity contribution in [2.45, 2.75) is 11.8 Å². The molecule has 0 heterocycles. The monoisotopic (exact) mass is 176 g/mol. The van der Waals surface area contributed by atoms with Crippen LogP contribution in [-0.4, -0.2) is 9.11 Å². The summed E-state index contributed by atoms with van der Waals surface area (Å²) in [6.07, 6.45) is 0. The van der Waals surface area contributed by atoms with E-state index in [1.807, 2.05) is 6.92 Å². The molecular weight excluding hydrogens is 167 g/mol. The van der Waals surface area contributed by atoms with Crippen molar-refractivity contribution in [2.75, 3.05) is 0 Å². The van der Waals surface area contributed by atoms with E-state index < -0.39 is 11.0 Å². The van der Waals surface area contributed by atoms with Gasteiger partial charge in [0.25, 0.3) is 0 Å². The lowest BCUT2D eigenvalue weighted by atomic mass is 10.2. The second-order valence-electron chi connectivity index (χ2n) is 2.29. The maximum absolute atomic E-state index is 12.4. The van der Waals surface area contributed by atoms with Crippen LogP contribution in [0.5, 0.6) is 0 Å². The van der Waals surface area contributed by atoms with Crippen LogP contribution < -0.4 is 0 Å². The normalized spacial score (nSPS) is 13.1. The molecule has 2 N–H and O–H groups in total. The quantitative estimate of drug-likeness (QED) is 0.690. The van der Waals surface area contributed by atoms with Crippen molar-refractivity contribution in [2.24, 2.45) is 0 Å². The average molecular weight is 176 g/mol. The molecule has 1 aromatic carbocycles. The van der Waals surface area contributed by atoms with Gasteiger partial charge in [-0.1, -0.05) is 21.6 Å². The summed E-state index contributed by atoms with van der Waals surface area (Å²) in [4.78, 5) is -0.0666. The van der Waals surface area contributed by atoms with E-state index in [-0.39, 0.29) is 4.90 Å². The Labute approximate surface area is 66.3 Å². The zero-order valence-corrected chi connectivity index (χ0v) is 6.81. The molecule has 0 aliphatic carbocycles. The zero-order chi connectivity index (χ0) is 8.48. The molecule has 11 heavy (non-hydrogen) atoms. The second-order valence-corrected chi connectivity index (χ2v) is 3.72. The predicted octanol–water partition coefficient (Wildman–Crippen LogP) is 2.99. The minimum atomic E-state index is -4.02. The summed E-state index contributed by atoms with van der Waals surface area (Å²) in [5, 5.41) is 0. The van der Waals surface area contributed by atoms with Gasteiger partial charge >= 0.3 is 0 Å². The maximum Gasteiger partial charge on any atom is 0.0916 e. The van der Waals surface area contributed by atoms with Crippen LogP contribution in [0, 0.1) is 6.92 Å². The Morgan fingerprint density at radius 1 is 1.18 bits per heavy atom. The molecule has 1 rings (SSSR count). The predicted molar refractivity (Wildman–Crippen MR) is 43.4 cm³/mol. The molecule has 0 fully saturated rings. The molecule has 0 amide bonds. The van der Waals surface area contributed by atoms with E-state index in [1.165, 1.54) is 12.1 Å². The van der Waals surface area contributed by atoms with E-state index >= 15 is 0 Å². The summed E-state index contributed by atoms with van der Waals surface area (Å²) < 4.78 is 29.6.